The fourth-order valence-electron chi connectivity index (χ4n) is 3.24. The van der Waals surface area contributed by atoms with Crippen molar-refractivity contribution in [3.63, 3.8) is 0 Å². The van der Waals surface area contributed by atoms with Crippen LogP contribution in [0.3, 0.4) is 0 Å². The first-order valence-electron chi connectivity index (χ1n) is 9.59. The van der Waals surface area contributed by atoms with Crippen LogP contribution in [-0.4, -0.2) is 22.0 Å². The van der Waals surface area contributed by atoms with E-state index in [2.05, 4.69) is 88.2 Å². The van der Waals surface area contributed by atoms with E-state index in [1.807, 2.05) is 19.2 Å². The summed E-state index contributed by atoms with van der Waals surface area (Å²) in [5, 5.41) is 4.39. The number of nitrogens with zero attached hydrogens (tertiary/aromatic N) is 2. The van der Waals surface area contributed by atoms with Crippen molar-refractivity contribution in [1.29, 1.82) is 0 Å². The van der Waals surface area contributed by atoms with Gasteiger partial charge in [0.2, 0.25) is 0 Å². The van der Waals surface area contributed by atoms with Crippen LogP contribution >= 0.6 is 11.9 Å². The molecule has 4 aromatic rings. The second-order valence-corrected chi connectivity index (χ2v) is 9.04. The van der Waals surface area contributed by atoms with Crippen molar-refractivity contribution in [3.05, 3.63) is 66.5 Å². The normalized spacial score (nSPS) is 11.7. The highest BCUT2D eigenvalue weighted by atomic mass is 32.2. The van der Waals surface area contributed by atoms with E-state index in [9.17, 15) is 0 Å². The summed E-state index contributed by atoms with van der Waals surface area (Å²) in [7, 11) is 1.91. The maximum absolute atomic E-state index is 4.47. The molecule has 0 saturated heterocycles. The molecule has 0 radical (unpaired) electrons. The van der Waals surface area contributed by atoms with Crippen molar-refractivity contribution in [1.82, 2.24) is 19.7 Å². The Morgan fingerprint density at radius 2 is 1.76 bits per heavy atom. The smallest absolute Gasteiger partial charge is 0.143 e. The maximum Gasteiger partial charge on any atom is 0.143 e. The number of rotatable bonds is 5. The van der Waals surface area contributed by atoms with Crippen molar-refractivity contribution < 1.29 is 0 Å². The Kier molecular flexibility index (Phi) is 5.30. The molecule has 0 aliphatic heterocycles. The van der Waals surface area contributed by atoms with Gasteiger partial charge in [-0.2, -0.15) is 0 Å². The standard InChI is InChI=1S/C23H25N5S/c1-23(2,3)16-10-8-15(9-11-16)20-13-19-21(25-14-26-22(19)28-20)27-17-6-5-7-18(12-17)29-24-4/h5-14,24H,1-4H3,(H2,25,26,27,28). The number of H-pyrrole nitrogens is 1. The number of hydrogen-bond acceptors (Lipinski definition) is 5. The number of aromatic amines is 1. The quantitative estimate of drug-likeness (QED) is 0.362. The van der Waals surface area contributed by atoms with Crippen LogP contribution in [-0.2, 0) is 5.41 Å². The van der Waals surface area contributed by atoms with Gasteiger partial charge in [0.05, 0.1) is 5.39 Å². The molecule has 0 saturated carbocycles. The van der Waals surface area contributed by atoms with Gasteiger partial charge in [-0.05, 0) is 59.8 Å². The Bertz CT molecular complexity index is 1130. The fourth-order valence-corrected chi connectivity index (χ4v) is 3.80. The zero-order chi connectivity index (χ0) is 20.4. The monoisotopic (exact) mass is 403 g/mol. The van der Waals surface area contributed by atoms with Gasteiger partial charge in [0.15, 0.2) is 0 Å². The molecule has 6 heteroatoms. The minimum atomic E-state index is 0.141. The molecule has 148 valence electrons. The van der Waals surface area contributed by atoms with Crippen molar-refractivity contribution >= 4 is 34.5 Å². The molecule has 0 aliphatic rings. The van der Waals surface area contributed by atoms with Crippen LogP contribution in [0, 0.1) is 0 Å². The highest BCUT2D eigenvalue weighted by molar-refractivity contribution is 7.97. The predicted molar refractivity (Wildman–Crippen MR) is 123 cm³/mol. The molecule has 0 unspecified atom stereocenters. The zero-order valence-electron chi connectivity index (χ0n) is 17.1. The van der Waals surface area contributed by atoms with Gasteiger partial charge in [-0.25, -0.2) is 9.97 Å². The van der Waals surface area contributed by atoms with Crippen molar-refractivity contribution in [2.24, 2.45) is 0 Å². The average Bonchev–Trinajstić information content (AvgIpc) is 3.13. The Morgan fingerprint density at radius 3 is 2.48 bits per heavy atom. The van der Waals surface area contributed by atoms with Crippen molar-refractivity contribution in [2.75, 3.05) is 12.4 Å². The molecule has 4 rings (SSSR count). The summed E-state index contributed by atoms with van der Waals surface area (Å²) in [6.07, 6.45) is 1.58. The molecule has 0 fully saturated rings. The van der Waals surface area contributed by atoms with E-state index >= 15 is 0 Å². The minimum absolute atomic E-state index is 0.141. The number of anilines is 2. The van der Waals surface area contributed by atoms with Gasteiger partial charge >= 0.3 is 0 Å². The van der Waals surface area contributed by atoms with Crippen LogP contribution < -0.4 is 10.0 Å². The minimum Gasteiger partial charge on any atom is -0.340 e. The summed E-state index contributed by atoms with van der Waals surface area (Å²) >= 11 is 1.58. The van der Waals surface area contributed by atoms with Gasteiger partial charge in [-0.1, -0.05) is 51.1 Å². The third kappa shape index (κ3) is 4.28. The van der Waals surface area contributed by atoms with E-state index in [1.54, 1.807) is 18.3 Å². The van der Waals surface area contributed by atoms with Crippen LogP contribution in [0.5, 0.6) is 0 Å². The van der Waals surface area contributed by atoms with Gasteiger partial charge in [-0.3, -0.25) is 4.72 Å². The molecule has 3 N–H and O–H groups in total. The summed E-state index contributed by atoms with van der Waals surface area (Å²) in [6, 6.07) is 19.0. The molecule has 5 nitrogen and oxygen atoms in total. The molecule has 2 aromatic heterocycles. The first-order chi connectivity index (χ1) is 13.9. The van der Waals surface area contributed by atoms with Crippen LogP contribution in [0.4, 0.5) is 11.5 Å². The van der Waals surface area contributed by atoms with E-state index < -0.39 is 0 Å². The lowest BCUT2D eigenvalue weighted by Crippen LogP contribution is -2.10. The number of benzene rings is 2. The fraction of sp³-hybridized carbons (Fsp3) is 0.217. The van der Waals surface area contributed by atoms with Crippen LogP contribution in [0.15, 0.2) is 65.8 Å². The van der Waals surface area contributed by atoms with E-state index in [0.29, 0.717) is 0 Å². The summed E-state index contributed by atoms with van der Waals surface area (Å²) in [4.78, 5) is 13.4. The van der Waals surface area contributed by atoms with Gasteiger partial charge < -0.3 is 10.3 Å². The largest absolute Gasteiger partial charge is 0.340 e. The summed E-state index contributed by atoms with van der Waals surface area (Å²) in [5.41, 5.74) is 5.43. The number of hydrogen-bond donors (Lipinski definition) is 3. The maximum atomic E-state index is 4.47. The Balaban J connectivity index is 1.66. The second-order valence-electron chi connectivity index (χ2n) is 7.95. The molecular weight excluding hydrogens is 378 g/mol. The lowest BCUT2D eigenvalue weighted by atomic mass is 9.86. The van der Waals surface area contributed by atoms with E-state index in [4.69, 9.17) is 0 Å². The molecule has 2 heterocycles. The van der Waals surface area contributed by atoms with Crippen molar-refractivity contribution in [2.45, 2.75) is 31.1 Å². The third-order valence-corrected chi connectivity index (χ3v) is 5.50. The van der Waals surface area contributed by atoms with Gasteiger partial charge in [0.1, 0.15) is 17.8 Å². The molecule has 0 aliphatic carbocycles. The summed E-state index contributed by atoms with van der Waals surface area (Å²) in [6.45, 7) is 6.67. The third-order valence-electron chi connectivity index (χ3n) is 4.80. The second kappa shape index (κ2) is 7.89. The Hall–Kier alpha value is -2.83. The number of nitrogens with one attached hydrogen (secondary N) is 3. The molecule has 0 atom stereocenters. The molecule has 29 heavy (non-hydrogen) atoms. The Labute approximate surface area is 175 Å². The zero-order valence-corrected chi connectivity index (χ0v) is 17.9. The van der Waals surface area contributed by atoms with Gasteiger partial charge in [-0.15, -0.1) is 0 Å². The molecular formula is C23H25N5S. The van der Waals surface area contributed by atoms with Crippen molar-refractivity contribution in [3.8, 4) is 11.3 Å². The molecule has 0 bridgehead atoms. The first kappa shape index (κ1) is 19.5. The number of aromatic nitrogens is 3. The molecule has 0 amide bonds. The van der Waals surface area contributed by atoms with Crippen LogP contribution in [0.2, 0.25) is 0 Å². The number of fused-ring (bicyclic) bond motifs is 1. The Morgan fingerprint density at radius 1 is 0.966 bits per heavy atom. The molecule has 2 aromatic carbocycles. The molecule has 0 spiro atoms. The summed E-state index contributed by atoms with van der Waals surface area (Å²) < 4.78 is 3.10. The highest BCUT2D eigenvalue weighted by Gasteiger charge is 2.14. The van der Waals surface area contributed by atoms with E-state index in [1.165, 1.54) is 5.56 Å². The topological polar surface area (TPSA) is 65.6 Å². The lowest BCUT2D eigenvalue weighted by molar-refractivity contribution is 0.590. The van der Waals surface area contributed by atoms with Gasteiger partial charge in [0.25, 0.3) is 0 Å². The van der Waals surface area contributed by atoms with Crippen LogP contribution in [0.25, 0.3) is 22.3 Å². The predicted octanol–water partition coefficient (Wildman–Crippen LogP) is 5.89. The average molecular weight is 404 g/mol. The van der Waals surface area contributed by atoms with Gasteiger partial charge in [0, 0.05) is 16.3 Å². The summed E-state index contributed by atoms with van der Waals surface area (Å²) in [5.74, 6) is 0.787. The SMILES string of the molecule is CNSc1cccc(Nc2ncnc3[nH]c(-c4ccc(C(C)(C)C)cc4)cc23)c1. The van der Waals surface area contributed by atoms with E-state index in [-0.39, 0.29) is 5.41 Å². The highest BCUT2D eigenvalue weighted by Crippen LogP contribution is 2.31. The first-order valence-corrected chi connectivity index (χ1v) is 10.4. The van der Waals surface area contributed by atoms with Crippen LogP contribution in [0.1, 0.15) is 26.3 Å². The lowest BCUT2D eigenvalue weighted by Gasteiger charge is -2.18. The van der Waals surface area contributed by atoms with E-state index in [0.717, 1.165) is 38.7 Å².